The molecule has 0 bridgehead atoms. The Bertz CT molecular complexity index is 762. The van der Waals surface area contributed by atoms with Gasteiger partial charge in [0.15, 0.2) is 0 Å². The molecule has 4 nitrogen and oxygen atoms in total. The topological polar surface area (TPSA) is 63.9 Å². The van der Waals surface area contributed by atoms with Crippen molar-refractivity contribution in [3.63, 3.8) is 0 Å². The smallest absolute Gasteiger partial charge is 0.146 e. The van der Waals surface area contributed by atoms with Crippen LogP contribution in [0.3, 0.4) is 0 Å². The Kier molecular flexibility index (Phi) is 3.06. The van der Waals surface area contributed by atoms with Gasteiger partial charge in [-0.3, -0.25) is 0 Å². The largest absolute Gasteiger partial charge is 0.486 e. The van der Waals surface area contributed by atoms with Crippen molar-refractivity contribution in [1.82, 2.24) is 9.97 Å². The van der Waals surface area contributed by atoms with Gasteiger partial charge in [0.1, 0.15) is 18.2 Å². The second-order valence-electron chi connectivity index (χ2n) is 5.02. The highest BCUT2D eigenvalue weighted by atomic mass is 16.5. The van der Waals surface area contributed by atoms with E-state index in [4.69, 9.17) is 10.5 Å². The number of anilines is 1. The van der Waals surface area contributed by atoms with Crippen LogP contribution in [0.25, 0.3) is 11.0 Å². The number of ether oxygens (including phenoxy) is 1. The minimum Gasteiger partial charge on any atom is -0.486 e. The predicted octanol–water partition coefficient (Wildman–Crippen LogP) is 3.34. The van der Waals surface area contributed by atoms with E-state index >= 15 is 0 Å². The van der Waals surface area contributed by atoms with Gasteiger partial charge in [-0.2, -0.15) is 0 Å². The standard InChI is InChI=1S/C16H17N3O/c1-10-6-11(2)16-14(7-10)18-15(19-16)9-20-13-5-3-4-12(17)8-13/h3-8H,9,17H2,1-2H3,(H,18,19). The summed E-state index contributed by atoms with van der Waals surface area (Å²) in [5, 5.41) is 0. The van der Waals surface area contributed by atoms with Crippen LogP contribution in [0.15, 0.2) is 36.4 Å². The molecule has 1 aromatic heterocycles. The first-order chi connectivity index (χ1) is 9.61. The Hall–Kier alpha value is -2.49. The number of rotatable bonds is 3. The molecule has 3 rings (SSSR count). The molecule has 3 N–H and O–H groups in total. The molecule has 102 valence electrons. The Morgan fingerprint density at radius 3 is 2.85 bits per heavy atom. The second-order valence-corrected chi connectivity index (χ2v) is 5.02. The maximum absolute atomic E-state index is 5.72. The SMILES string of the molecule is Cc1cc(C)c2nc(COc3cccc(N)c3)[nH]c2c1. The molecule has 1 heterocycles. The van der Waals surface area contributed by atoms with Crippen molar-refractivity contribution in [3.8, 4) is 5.75 Å². The Labute approximate surface area is 117 Å². The number of aromatic nitrogens is 2. The van der Waals surface area contributed by atoms with Gasteiger partial charge < -0.3 is 15.5 Å². The van der Waals surface area contributed by atoms with E-state index in [1.54, 1.807) is 6.07 Å². The number of nitrogen functional groups attached to an aromatic ring is 1. The van der Waals surface area contributed by atoms with E-state index < -0.39 is 0 Å². The minimum atomic E-state index is 0.399. The van der Waals surface area contributed by atoms with Gasteiger partial charge in [0.2, 0.25) is 0 Å². The van der Waals surface area contributed by atoms with Gasteiger partial charge in [-0.25, -0.2) is 4.98 Å². The van der Waals surface area contributed by atoms with Crippen LogP contribution in [0, 0.1) is 13.8 Å². The number of hydrogen-bond donors (Lipinski definition) is 2. The van der Waals surface area contributed by atoms with Crippen molar-refractivity contribution in [2.75, 3.05) is 5.73 Å². The molecular weight excluding hydrogens is 250 g/mol. The van der Waals surface area contributed by atoms with Crippen LogP contribution < -0.4 is 10.5 Å². The summed E-state index contributed by atoms with van der Waals surface area (Å²) in [6.07, 6.45) is 0. The summed E-state index contributed by atoms with van der Waals surface area (Å²) in [4.78, 5) is 7.87. The molecule has 20 heavy (non-hydrogen) atoms. The zero-order valence-electron chi connectivity index (χ0n) is 11.6. The van der Waals surface area contributed by atoms with Gasteiger partial charge in [0, 0.05) is 11.8 Å². The lowest BCUT2D eigenvalue weighted by molar-refractivity contribution is 0.297. The molecular formula is C16H17N3O. The summed E-state index contributed by atoms with van der Waals surface area (Å²) in [7, 11) is 0. The third-order valence-corrected chi connectivity index (χ3v) is 3.20. The van der Waals surface area contributed by atoms with Crippen LogP contribution in [0.1, 0.15) is 17.0 Å². The van der Waals surface area contributed by atoms with E-state index in [2.05, 4.69) is 35.9 Å². The first kappa shape index (κ1) is 12.5. The number of fused-ring (bicyclic) bond motifs is 1. The van der Waals surface area contributed by atoms with Gasteiger partial charge >= 0.3 is 0 Å². The molecule has 0 spiro atoms. The number of nitrogens with zero attached hydrogens (tertiary/aromatic N) is 1. The highest BCUT2D eigenvalue weighted by molar-refractivity contribution is 5.79. The monoisotopic (exact) mass is 267 g/mol. The molecule has 0 saturated heterocycles. The summed E-state index contributed by atoms with van der Waals surface area (Å²) in [5.74, 6) is 1.56. The summed E-state index contributed by atoms with van der Waals surface area (Å²) in [6, 6.07) is 11.6. The highest BCUT2D eigenvalue weighted by Crippen LogP contribution is 2.20. The van der Waals surface area contributed by atoms with Crippen molar-refractivity contribution >= 4 is 16.7 Å². The van der Waals surface area contributed by atoms with Crippen molar-refractivity contribution in [2.24, 2.45) is 0 Å². The van der Waals surface area contributed by atoms with Crippen LogP contribution in [0.2, 0.25) is 0 Å². The van der Waals surface area contributed by atoms with Crippen molar-refractivity contribution in [3.05, 3.63) is 53.3 Å². The number of nitrogens with two attached hydrogens (primary N) is 1. The van der Waals surface area contributed by atoms with E-state index in [0.717, 1.165) is 22.6 Å². The number of benzene rings is 2. The van der Waals surface area contributed by atoms with Gasteiger partial charge in [-0.05, 0) is 43.2 Å². The third kappa shape index (κ3) is 2.45. The van der Waals surface area contributed by atoms with E-state index in [1.807, 2.05) is 18.2 Å². The normalized spacial score (nSPS) is 10.9. The first-order valence-corrected chi connectivity index (χ1v) is 6.56. The minimum absolute atomic E-state index is 0.399. The molecule has 4 heteroatoms. The molecule has 2 aromatic carbocycles. The Morgan fingerprint density at radius 2 is 2.05 bits per heavy atom. The van der Waals surface area contributed by atoms with E-state index in [0.29, 0.717) is 12.3 Å². The van der Waals surface area contributed by atoms with Crippen molar-refractivity contribution in [1.29, 1.82) is 0 Å². The Morgan fingerprint density at radius 1 is 1.20 bits per heavy atom. The van der Waals surface area contributed by atoms with E-state index in [9.17, 15) is 0 Å². The van der Waals surface area contributed by atoms with Gasteiger partial charge in [0.05, 0.1) is 11.0 Å². The van der Waals surface area contributed by atoms with Crippen molar-refractivity contribution in [2.45, 2.75) is 20.5 Å². The molecule has 0 fully saturated rings. The molecule has 3 aromatic rings. The molecule has 0 saturated carbocycles. The zero-order chi connectivity index (χ0) is 14.1. The quantitative estimate of drug-likeness (QED) is 0.715. The number of hydrogen-bond acceptors (Lipinski definition) is 3. The van der Waals surface area contributed by atoms with Gasteiger partial charge in [0.25, 0.3) is 0 Å². The highest BCUT2D eigenvalue weighted by Gasteiger charge is 2.06. The summed E-state index contributed by atoms with van der Waals surface area (Å²) in [5.41, 5.74) is 10.9. The maximum Gasteiger partial charge on any atom is 0.146 e. The van der Waals surface area contributed by atoms with Crippen LogP contribution in [0.5, 0.6) is 5.75 Å². The third-order valence-electron chi connectivity index (χ3n) is 3.20. The van der Waals surface area contributed by atoms with Gasteiger partial charge in [-0.1, -0.05) is 12.1 Å². The van der Waals surface area contributed by atoms with Crippen LogP contribution >= 0.6 is 0 Å². The number of aromatic amines is 1. The number of imidazole rings is 1. The van der Waals surface area contributed by atoms with Crippen LogP contribution in [-0.4, -0.2) is 9.97 Å². The van der Waals surface area contributed by atoms with Crippen molar-refractivity contribution < 1.29 is 4.74 Å². The molecule has 0 aliphatic carbocycles. The lowest BCUT2D eigenvalue weighted by Crippen LogP contribution is -1.97. The average molecular weight is 267 g/mol. The fourth-order valence-electron chi connectivity index (χ4n) is 2.35. The predicted molar refractivity (Wildman–Crippen MR) is 80.8 cm³/mol. The molecule has 0 atom stereocenters. The summed E-state index contributed by atoms with van der Waals surface area (Å²) < 4.78 is 5.70. The fraction of sp³-hybridized carbons (Fsp3) is 0.188. The average Bonchev–Trinajstić information content (AvgIpc) is 2.80. The maximum atomic E-state index is 5.72. The molecule has 0 aliphatic heterocycles. The van der Waals surface area contributed by atoms with Crippen LogP contribution in [0.4, 0.5) is 5.69 Å². The lowest BCUT2D eigenvalue weighted by atomic mass is 10.1. The van der Waals surface area contributed by atoms with E-state index in [-0.39, 0.29) is 0 Å². The number of nitrogens with one attached hydrogen (secondary N) is 1. The second kappa shape index (κ2) is 4.89. The summed E-state index contributed by atoms with van der Waals surface area (Å²) >= 11 is 0. The van der Waals surface area contributed by atoms with Gasteiger partial charge in [-0.15, -0.1) is 0 Å². The molecule has 0 amide bonds. The number of H-pyrrole nitrogens is 1. The number of aryl methyl sites for hydroxylation is 2. The zero-order valence-corrected chi connectivity index (χ0v) is 11.6. The molecule has 0 unspecified atom stereocenters. The summed E-state index contributed by atoms with van der Waals surface area (Å²) in [6.45, 7) is 4.55. The van der Waals surface area contributed by atoms with E-state index in [1.165, 1.54) is 11.1 Å². The first-order valence-electron chi connectivity index (χ1n) is 6.56. The lowest BCUT2D eigenvalue weighted by Gasteiger charge is -2.04. The fourth-order valence-corrected chi connectivity index (χ4v) is 2.35. The van der Waals surface area contributed by atoms with Crippen LogP contribution in [-0.2, 0) is 6.61 Å². The Balaban J connectivity index is 1.83. The molecule has 0 aliphatic rings. The molecule has 0 radical (unpaired) electrons.